The molecule has 0 aromatic carbocycles. The van der Waals surface area contributed by atoms with Gasteiger partial charge in [0.05, 0.1) is 37.9 Å². The van der Waals surface area contributed by atoms with Gasteiger partial charge in [0.2, 0.25) is 5.91 Å². The van der Waals surface area contributed by atoms with Gasteiger partial charge in [-0.3, -0.25) is 13.9 Å². The van der Waals surface area contributed by atoms with Crippen LogP contribution in [0.3, 0.4) is 0 Å². The van der Waals surface area contributed by atoms with Gasteiger partial charge in [-0.2, -0.15) is 16.8 Å². The third-order valence-corrected chi connectivity index (χ3v) is 12.3. The maximum absolute atomic E-state index is 13.6. The fraction of sp³-hybridized carbons (Fsp3) is 0.978. The third-order valence-electron chi connectivity index (χ3n) is 10.7. The molecule has 0 saturated carbocycles. The predicted molar refractivity (Wildman–Crippen MR) is 249 cm³/mol. The fourth-order valence-electron chi connectivity index (χ4n) is 6.93. The zero-order chi connectivity index (χ0) is 45.8. The monoisotopic (exact) mass is 932 g/mol. The van der Waals surface area contributed by atoms with Gasteiger partial charge in [-0.15, -0.1) is 0 Å². The average molecular weight is 932 g/mol. The van der Waals surface area contributed by atoms with E-state index < -0.39 is 32.8 Å². The Morgan fingerprint density at radius 1 is 0.419 bits per heavy atom. The first-order valence-electron chi connectivity index (χ1n) is 24.7. The summed E-state index contributed by atoms with van der Waals surface area (Å²) in [6, 6.07) is 0. The summed E-state index contributed by atoms with van der Waals surface area (Å²) >= 11 is 0. The standard InChI is InChI=1S/C46H93NO13S2/c1-4-7-10-13-16-19-20-23-26-31-44(48)47(32-38-59-45(42-55-34-29-40-61(49,50)51)57-36-27-24-21-17-14-11-8-5-2)33-39-60-46(43-56-35-30-41-62(52,53)54)58-37-28-25-22-18-15-12-9-6-3/h45-46H,4-43H2,1-3H3,(H,49,50,51)(H,52,53,54). The molecule has 0 radical (unpaired) electrons. The topological polar surface area (TPSA) is 184 Å². The van der Waals surface area contributed by atoms with Crippen molar-refractivity contribution in [2.24, 2.45) is 0 Å². The van der Waals surface area contributed by atoms with Crippen LogP contribution in [-0.4, -0.2) is 127 Å². The minimum atomic E-state index is -4.07. The van der Waals surface area contributed by atoms with Crippen LogP contribution in [-0.2, 0) is 53.5 Å². The molecule has 62 heavy (non-hydrogen) atoms. The van der Waals surface area contributed by atoms with Gasteiger partial charge in [0.1, 0.15) is 0 Å². The smallest absolute Gasteiger partial charge is 0.264 e. The Balaban J connectivity index is 5.40. The summed E-state index contributed by atoms with van der Waals surface area (Å²) in [4.78, 5) is 15.4. The van der Waals surface area contributed by atoms with Crippen LogP contribution in [0, 0.1) is 0 Å². The summed E-state index contributed by atoms with van der Waals surface area (Å²) < 4.78 is 98.4. The highest BCUT2D eigenvalue weighted by Crippen LogP contribution is 2.14. The molecule has 0 aromatic heterocycles. The first kappa shape index (κ1) is 61.0. The number of ether oxygens (including phenoxy) is 6. The van der Waals surface area contributed by atoms with Crippen LogP contribution in [0.2, 0.25) is 0 Å². The summed E-state index contributed by atoms with van der Waals surface area (Å²) in [5.74, 6) is -0.766. The van der Waals surface area contributed by atoms with Crippen molar-refractivity contribution in [2.45, 2.75) is 213 Å². The van der Waals surface area contributed by atoms with Crippen molar-refractivity contribution in [3.8, 4) is 0 Å². The lowest BCUT2D eigenvalue weighted by Crippen LogP contribution is -2.39. The van der Waals surface area contributed by atoms with Gasteiger partial charge in [-0.25, -0.2) is 0 Å². The summed E-state index contributed by atoms with van der Waals surface area (Å²) in [7, 11) is -8.15. The van der Waals surface area contributed by atoms with E-state index in [1.54, 1.807) is 4.90 Å². The number of unbranched alkanes of at least 4 members (excludes halogenated alkanes) is 22. The van der Waals surface area contributed by atoms with Crippen molar-refractivity contribution in [3.05, 3.63) is 0 Å². The summed E-state index contributed by atoms with van der Waals surface area (Å²) in [5.41, 5.74) is 0. The SMILES string of the molecule is CCCCCCCCCCCC(=O)N(CCOC(COCCCS(=O)(=O)O)OCCCCCCCCCC)CCOC(COCCCS(=O)(=O)O)OCCCCCCCCCC. The Morgan fingerprint density at radius 3 is 1.06 bits per heavy atom. The lowest BCUT2D eigenvalue weighted by molar-refractivity contribution is -0.181. The Bertz CT molecular complexity index is 1120. The highest BCUT2D eigenvalue weighted by molar-refractivity contribution is 7.86. The predicted octanol–water partition coefficient (Wildman–Crippen LogP) is 10.3. The van der Waals surface area contributed by atoms with E-state index in [1.807, 2.05) is 0 Å². The second kappa shape index (κ2) is 43.9. The zero-order valence-corrected chi connectivity index (χ0v) is 41.2. The van der Waals surface area contributed by atoms with Crippen LogP contribution < -0.4 is 0 Å². The molecule has 372 valence electrons. The first-order chi connectivity index (χ1) is 29.9. The summed E-state index contributed by atoms with van der Waals surface area (Å²) in [5, 5.41) is 0. The second-order valence-corrected chi connectivity index (χ2v) is 19.8. The average Bonchev–Trinajstić information content (AvgIpc) is 3.22. The summed E-state index contributed by atoms with van der Waals surface area (Å²) in [6.45, 7) is 9.01. The molecule has 2 atom stereocenters. The van der Waals surface area contributed by atoms with E-state index in [4.69, 9.17) is 37.5 Å². The maximum atomic E-state index is 13.6. The van der Waals surface area contributed by atoms with Crippen molar-refractivity contribution in [1.82, 2.24) is 4.90 Å². The minimum absolute atomic E-state index is 0.0101. The largest absolute Gasteiger partial charge is 0.376 e. The Morgan fingerprint density at radius 2 is 0.726 bits per heavy atom. The summed E-state index contributed by atoms with van der Waals surface area (Å²) in [6.07, 6.45) is 28.3. The molecule has 2 N–H and O–H groups in total. The molecular formula is C46H93NO13S2. The Hall–Kier alpha value is -0.950. The molecule has 0 rings (SSSR count). The van der Waals surface area contributed by atoms with Crippen molar-refractivity contribution in [3.63, 3.8) is 0 Å². The molecule has 0 aliphatic heterocycles. The quantitative estimate of drug-likeness (QED) is 0.0334. The molecule has 0 heterocycles. The fourth-order valence-corrected chi connectivity index (χ4v) is 7.90. The highest BCUT2D eigenvalue weighted by Gasteiger charge is 2.18. The van der Waals surface area contributed by atoms with Gasteiger partial charge < -0.3 is 33.3 Å². The maximum Gasteiger partial charge on any atom is 0.264 e. The van der Waals surface area contributed by atoms with E-state index in [1.165, 1.54) is 103 Å². The highest BCUT2D eigenvalue weighted by atomic mass is 32.2. The molecule has 2 unspecified atom stereocenters. The molecule has 16 heteroatoms. The molecule has 0 spiro atoms. The number of amides is 1. The molecular weight excluding hydrogens is 839 g/mol. The minimum Gasteiger partial charge on any atom is -0.376 e. The van der Waals surface area contributed by atoms with Crippen LogP contribution >= 0.6 is 0 Å². The molecule has 0 aliphatic carbocycles. The van der Waals surface area contributed by atoms with Gasteiger partial charge in [0, 0.05) is 45.9 Å². The van der Waals surface area contributed by atoms with Crippen molar-refractivity contribution < 1.29 is 59.2 Å². The van der Waals surface area contributed by atoms with Gasteiger partial charge in [-0.1, -0.05) is 162 Å². The first-order valence-corrected chi connectivity index (χ1v) is 27.9. The number of carbonyl (C=O) groups is 1. The van der Waals surface area contributed by atoms with E-state index >= 15 is 0 Å². The third kappa shape index (κ3) is 45.6. The molecule has 1 amide bonds. The lowest BCUT2D eigenvalue weighted by Gasteiger charge is -2.26. The van der Waals surface area contributed by atoms with Crippen LogP contribution in [0.4, 0.5) is 0 Å². The molecule has 0 bridgehead atoms. The van der Waals surface area contributed by atoms with Gasteiger partial charge in [0.15, 0.2) is 12.6 Å². The van der Waals surface area contributed by atoms with Gasteiger partial charge >= 0.3 is 0 Å². The van der Waals surface area contributed by atoms with E-state index in [-0.39, 0.29) is 69.9 Å². The van der Waals surface area contributed by atoms with Gasteiger partial charge in [0.25, 0.3) is 20.2 Å². The van der Waals surface area contributed by atoms with E-state index in [0.717, 1.165) is 57.8 Å². The van der Waals surface area contributed by atoms with Crippen LogP contribution in [0.1, 0.15) is 201 Å². The number of rotatable bonds is 50. The normalized spacial score (nSPS) is 13.2. The number of carbonyl (C=O) groups excluding carboxylic acids is 1. The van der Waals surface area contributed by atoms with Crippen LogP contribution in [0.5, 0.6) is 0 Å². The molecule has 14 nitrogen and oxygen atoms in total. The second-order valence-electron chi connectivity index (χ2n) is 16.7. The molecule has 0 fully saturated rings. The molecule has 0 aliphatic rings. The van der Waals surface area contributed by atoms with Gasteiger partial charge in [-0.05, 0) is 32.1 Å². The Kier molecular flexibility index (Phi) is 43.2. The van der Waals surface area contributed by atoms with Crippen molar-refractivity contribution >= 4 is 26.1 Å². The van der Waals surface area contributed by atoms with E-state index in [9.17, 15) is 21.6 Å². The van der Waals surface area contributed by atoms with Crippen molar-refractivity contribution in [1.29, 1.82) is 0 Å². The molecule has 0 saturated heterocycles. The van der Waals surface area contributed by atoms with Crippen LogP contribution in [0.25, 0.3) is 0 Å². The van der Waals surface area contributed by atoms with Crippen LogP contribution in [0.15, 0.2) is 0 Å². The Labute approximate surface area is 379 Å². The van der Waals surface area contributed by atoms with Crippen molar-refractivity contribution in [2.75, 3.05) is 77.5 Å². The van der Waals surface area contributed by atoms with E-state index in [2.05, 4.69) is 20.8 Å². The number of hydrogen-bond acceptors (Lipinski definition) is 11. The number of nitrogens with zero attached hydrogens (tertiary/aromatic N) is 1. The lowest BCUT2D eigenvalue weighted by atomic mass is 10.1. The number of hydrogen-bond donors (Lipinski definition) is 2. The zero-order valence-electron chi connectivity index (χ0n) is 39.6. The van der Waals surface area contributed by atoms with E-state index in [0.29, 0.717) is 32.7 Å². The molecule has 0 aromatic rings.